The van der Waals surface area contributed by atoms with Gasteiger partial charge in [-0.15, -0.1) is 0 Å². The van der Waals surface area contributed by atoms with Gasteiger partial charge in [-0.3, -0.25) is 9.48 Å². The molecule has 134 valence electrons. The van der Waals surface area contributed by atoms with Gasteiger partial charge in [-0.1, -0.05) is 11.6 Å². The molecule has 1 aliphatic rings. The number of nitrogens with zero attached hydrogens (tertiary/aromatic N) is 3. The average Bonchev–Trinajstić information content (AvgIpc) is 2.93. The number of hydrogen-bond donors (Lipinski definition) is 1. The topological polar surface area (TPSA) is 84.7 Å². The Morgan fingerprint density at radius 2 is 2.15 bits per heavy atom. The minimum absolute atomic E-state index is 0.00825. The highest BCUT2D eigenvalue weighted by molar-refractivity contribution is 6.68. The molecular weight excluding hydrogens is 374 g/mol. The molecular formula is C15H10BClF4N4O. The Morgan fingerprint density at radius 1 is 1.46 bits per heavy atom. The summed E-state index contributed by atoms with van der Waals surface area (Å²) >= 11 is 5.73. The molecule has 1 unspecified atom stereocenters. The monoisotopic (exact) mass is 384 g/mol. The van der Waals surface area contributed by atoms with Crippen LogP contribution in [0.3, 0.4) is 0 Å². The normalized spacial score (nSPS) is 16.9. The molecule has 1 atom stereocenters. The maximum absolute atomic E-state index is 13.4. The van der Waals surface area contributed by atoms with Crippen LogP contribution in [0, 0.1) is 17.0 Å². The van der Waals surface area contributed by atoms with E-state index in [9.17, 15) is 22.4 Å². The summed E-state index contributed by atoms with van der Waals surface area (Å²) in [4.78, 5) is 11.9. The van der Waals surface area contributed by atoms with Crippen LogP contribution in [0.2, 0.25) is 10.8 Å². The second-order valence-corrected chi connectivity index (χ2v) is 6.34. The molecule has 0 aliphatic carbocycles. The summed E-state index contributed by atoms with van der Waals surface area (Å²) in [6, 6.07) is 3.56. The number of aromatic nitrogens is 2. The quantitative estimate of drug-likeness (QED) is 0.638. The Hall–Kier alpha value is -2.54. The summed E-state index contributed by atoms with van der Waals surface area (Å²) in [5.41, 5.74) is 5.70. The van der Waals surface area contributed by atoms with E-state index in [1.807, 2.05) is 0 Å². The minimum atomic E-state index is -4.59. The number of rotatable bonds is 2. The fourth-order valence-electron chi connectivity index (χ4n) is 3.09. The van der Waals surface area contributed by atoms with Gasteiger partial charge in [-0.2, -0.15) is 18.3 Å². The predicted octanol–water partition coefficient (Wildman–Crippen LogP) is 3.03. The van der Waals surface area contributed by atoms with Crippen molar-refractivity contribution in [3.63, 3.8) is 0 Å². The lowest BCUT2D eigenvalue weighted by Crippen LogP contribution is -2.41. The highest BCUT2D eigenvalue weighted by atomic mass is 35.5. The molecule has 1 aromatic carbocycles. The molecule has 1 amide bonds. The number of carbonyl (C=O) groups is 1. The molecule has 5 nitrogen and oxygen atoms in total. The number of halogens is 5. The van der Waals surface area contributed by atoms with Gasteiger partial charge in [0.1, 0.15) is 11.5 Å². The molecule has 0 saturated carbocycles. The molecule has 2 N–H and O–H groups in total. The lowest BCUT2D eigenvalue weighted by Gasteiger charge is -2.27. The number of alkyl halides is 3. The van der Waals surface area contributed by atoms with Crippen LogP contribution in [0.1, 0.15) is 16.1 Å². The molecule has 0 fully saturated rings. The molecule has 1 aliphatic heterocycles. The summed E-state index contributed by atoms with van der Waals surface area (Å²) in [7, 11) is 0. The fourth-order valence-corrected chi connectivity index (χ4v) is 3.27. The second-order valence-electron chi connectivity index (χ2n) is 5.93. The maximum Gasteiger partial charge on any atom is 0.388 e. The number of carbonyl (C=O) groups excluding carboxylic acids is 1. The van der Waals surface area contributed by atoms with Crippen molar-refractivity contribution in [3.8, 4) is 17.2 Å². The molecule has 0 saturated heterocycles. The van der Waals surface area contributed by atoms with Crippen molar-refractivity contribution < 1.29 is 22.4 Å². The van der Waals surface area contributed by atoms with Gasteiger partial charge >= 0.3 is 6.18 Å². The first-order valence-electron chi connectivity index (χ1n) is 7.44. The van der Waals surface area contributed by atoms with Gasteiger partial charge < -0.3 is 5.73 Å². The van der Waals surface area contributed by atoms with Crippen LogP contribution in [0.15, 0.2) is 18.2 Å². The van der Waals surface area contributed by atoms with Gasteiger partial charge in [-0.25, -0.2) is 9.65 Å². The van der Waals surface area contributed by atoms with E-state index >= 15 is 0 Å². The highest BCUT2D eigenvalue weighted by Crippen LogP contribution is 2.40. The predicted molar refractivity (Wildman–Crippen MR) is 86.0 cm³/mol. The Morgan fingerprint density at radius 3 is 2.69 bits per heavy atom. The molecule has 11 heteroatoms. The van der Waals surface area contributed by atoms with Crippen LogP contribution in [0.25, 0.3) is 11.3 Å². The summed E-state index contributed by atoms with van der Waals surface area (Å²) in [6.45, 7) is -1.96. The third-order valence-electron chi connectivity index (χ3n) is 4.35. The lowest BCUT2D eigenvalue weighted by molar-refractivity contribution is -0.138. The van der Waals surface area contributed by atoms with Gasteiger partial charge in [0.15, 0.2) is 0 Å². The number of fused-ring (bicyclic) bond motifs is 1. The van der Waals surface area contributed by atoms with Crippen molar-refractivity contribution in [2.24, 2.45) is 5.73 Å². The average molecular weight is 385 g/mol. The smallest absolute Gasteiger partial charge is 0.365 e. The lowest BCUT2D eigenvalue weighted by atomic mass is 9.38. The van der Waals surface area contributed by atoms with E-state index in [-0.39, 0.29) is 33.9 Å². The van der Waals surface area contributed by atoms with Crippen molar-refractivity contribution in [2.75, 3.05) is 0 Å². The highest BCUT2D eigenvalue weighted by Gasteiger charge is 2.51. The first-order valence-corrected chi connectivity index (χ1v) is 7.82. The Kier molecular flexibility index (Phi) is 4.44. The Labute approximate surface area is 150 Å². The largest absolute Gasteiger partial charge is 0.388 e. The molecule has 2 heterocycles. The van der Waals surface area contributed by atoms with Gasteiger partial charge in [0, 0.05) is 23.8 Å². The van der Waals surface area contributed by atoms with Crippen molar-refractivity contribution in [2.45, 2.75) is 24.9 Å². The van der Waals surface area contributed by atoms with E-state index in [4.69, 9.17) is 22.6 Å². The first kappa shape index (κ1) is 18.3. The number of nitriles is 1. The van der Waals surface area contributed by atoms with Crippen molar-refractivity contribution in [1.29, 1.82) is 5.26 Å². The standard InChI is InChI=1S/C15H10BClF4N4O/c17-8-3-7(1-2-9(8)18)13-12(14(23)26)10-4-16(6-22)11(15(19,20)21)5-25(10)24-13/h1-3,11H,4-5H2,(H2,23,26). The van der Waals surface area contributed by atoms with E-state index in [2.05, 4.69) is 5.10 Å². The number of benzene rings is 1. The zero-order valence-corrected chi connectivity index (χ0v) is 13.8. The van der Waals surface area contributed by atoms with Crippen LogP contribution in [-0.2, 0) is 12.9 Å². The van der Waals surface area contributed by atoms with Crippen LogP contribution >= 0.6 is 11.6 Å². The van der Waals surface area contributed by atoms with Gasteiger partial charge in [-0.05, 0) is 24.5 Å². The molecule has 0 radical (unpaired) electrons. The summed E-state index contributed by atoms with van der Waals surface area (Å²) in [5.74, 6) is -1.85. The maximum atomic E-state index is 13.4. The zero-order chi connectivity index (χ0) is 19.2. The van der Waals surface area contributed by atoms with Crippen LogP contribution in [0.5, 0.6) is 0 Å². The minimum Gasteiger partial charge on any atom is -0.365 e. The Balaban J connectivity index is 2.16. The summed E-state index contributed by atoms with van der Waals surface area (Å²) < 4.78 is 54.1. The van der Waals surface area contributed by atoms with E-state index < -0.39 is 37.0 Å². The molecule has 26 heavy (non-hydrogen) atoms. The number of nitrogens with two attached hydrogens (primary N) is 1. The van der Waals surface area contributed by atoms with E-state index in [1.165, 1.54) is 12.1 Å². The molecule has 0 bridgehead atoms. The number of amides is 1. The van der Waals surface area contributed by atoms with Crippen LogP contribution in [0.4, 0.5) is 17.6 Å². The van der Waals surface area contributed by atoms with E-state index in [0.717, 1.165) is 10.7 Å². The number of primary amides is 1. The molecule has 0 spiro atoms. The zero-order valence-electron chi connectivity index (χ0n) is 13.0. The third-order valence-corrected chi connectivity index (χ3v) is 4.64. The second kappa shape index (κ2) is 6.32. The third kappa shape index (κ3) is 3.03. The number of hydrogen-bond acceptors (Lipinski definition) is 3. The van der Waals surface area contributed by atoms with Crippen LogP contribution < -0.4 is 5.73 Å². The first-order chi connectivity index (χ1) is 12.1. The van der Waals surface area contributed by atoms with Crippen molar-refractivity contribution in [3.05, 3.63) is 40.3 Å². The van der Waals surface area contributed by atoms with Crippen molar-refractivity contribution in [1.82, 2.24) is 9.78 Å². The van der Waals surface area contributed by atoms with Crippen LogP contribution in [-0.4, -0.2) is 28.6 Å². The Bertz CT molecular complexity index is 937. The fraction of sp³-hybridized carbons (Fsp3) is 0.267. The van der Waals surface area contributed by atoms with Gasteiger partial charge in [0.05, 0.1) is 16.4 Å². The summed E-state index contributed by atoms with van der Waals surface area (Å²) in [6.07, 6.45) is -4.91. The summed E-state index contributed by atoms with van der Waals surface area (Å²) in [5, 5.41) is 13.0. The van der Waals surface area contributed by atoms with E-state index in [1.54, 1.807) is 5.97 Å². The molecule has 2 aromatic rings. The van der Waals surface area contributed by atoms with Gasteiger partial charge in [0.25, 0.3) is 12.6 Å². The molecule has 3 rings (SSSR count). The van der Waals surface area contributed by atoms with Gasteiger partial charge in [0.2, 0.25) is 0 Å². The molecule has 1 aromatic heterocycles. The van der Waals surface area contributed by atoms with E-state index in [0.29, 0.717) is 0 Å². The SMILES string of the molecule is N#CB1Cc2c(C(N)=O)c(-c3ccc(F)c(Cl)c3)nn2CC1C(F)(F)F. The van der Waals surface area contributed by atoms with Crippen molar-refractivity contribution >= 4 is 24.2 Å².